The molecule has 10 heteroatoms. The number of nitrogens with one attached hydrogen (secondary N) is 1. The van der Waals surface area contributed by atoms with Gasteiger partial charge >= 0.3 is 0 Å². The lowest BCUT2D eigenvalue weighted by Crippen LogP contribution is -2.43. The average molecular weight is 474 g/mol. The topological polar surface area (TPSA) is 105 Å². The summed E-state index contributed by atoms with van der Waals surface area (Å²) in [5, 5.41) is 2.82. The Morgan fingerprint density at radius 1 is 1.12 bits per heavy atom. The van der Waals surface area contributed by atoms with Crippen LogP contribution in [-0.2, 0) is 37.3 Å². The minimum absolute atomic E-state index is 0.142. The van der Waals surface area contributed by atoms with Crippen molar-refractivity contribution < 1.29 is 27.5 Å². The third-order valence-electron chi connectivity index (χ3n) is 5.83. The largest absolute Gasteiger partial charge is 0.496 e. The smallest absolute Gasteiger partial charge is 0.243 e. The highest BCUT2D eigenvalue weighted by Crippen LogP contribution is 2.31. The Kier molecular flexibility index (Phi) is 6.96. The van der Waals surface area contributed by atoms with Gasteiger partial charge in [0, 0.05) is 37.3 Å². The fraction of sp³-hybridized carbons (Fsp3) is 0.391. The lowest BCUT2D eigenvalue weighted by Gasteiger charge is -2.30. The summed E-state index contributed by atoms with van der Waals surface area (Å²) in [5.74, 6) is 0.192. The summed E-state index contributed by atoms with van der Waals surface area (Å²) in [6, 6.07) is 12.1. The van der Waals surface area contributed by atoms with Gasteiger partial charge in [0.2, 0.25) is 21.8 Å². The van der Waals surface area contributed by atoms with E-state index in [0.717, 1.165) is 11.1 Å². The third-order valence-corrected chi connectivity index (χ3v) is 7.72. The molecule has 2 aromatic carbocycles. The van der Waals surface area contributed by atoms with Crippen LogP contribution in [0.25, 0.3) is 0 Å². The Morgan fingerprint density at radius 2 is 1.88 bits per heavy atom. The van der Waals surface area contributed by atoms with Crippen molar-refractivity contribution in [2.75, 3.05) is 44.9 Å². The zero-order chi connectivity index (χ0) is 23.4. The molecule has 0 bridgehead atoms. The second-order valence-electron chi connectivity index (χ2n) is 7.88. The van der Waals surface area contributed by atoms with Gasteiger partial charge < -0.3 is 19.7 Å². The summed E-state index contributed by atoms with van der Waals surface area (Å²) in [7, 11) is -2.07. The molecule has 2 heterocycles. The monoisotopic (exact) mass is 473 g/mol. The Labute approximate surface area is 193 Å². The van der Waals surface area contributed by atoms with Gasteiger partial charge in [-0.1, -0.05) is 18.2 Å². The van der Waals surface area contributed by atoms with Crippen molar-refractivity contribution >= 4 is 27.5 Å². The third kappa shape index (κ3) is 5.02. The van der Waals surface area contributed by atoms with E-state index >= 15 is 0 Å². The lowest BCUT2D eigenvalue weighted by molar-refractivity contribution is -0.124. The molecule has 0 aromatic heterocycles. The van der Waals surface area contributed by atoms with Crippen LogP contribution in [0.15, 0.2) is 47.4 Å². The predicted octanol–water partition coefficient (Wildman–Crippen LogP) is 1.31. The molecule has 1 fully saturated rings. The first-order valence-corrected chi connectivity index (χ1v) is 12.2. The van der Waals surface area contributed by atoms with Gasteiger partial charge in [-0.2, -0.15) is 4.31 Å². The number of fused-ring (bicyclic) bond motifs is 1. The van der Waals surface area contributed by atoms with Crippen molar-refractivity contribution in [3.8, 4) is 5.75 Å². The van der Waals surface area contributed by atoms with E-state index in [-0.39, 0.29) is 36.2 Å². The zero-order valence-corrected chi connectivity index (χ0v) is 19.3. The molecule has 9 nitrogen and oxygen atoms in total. The zero-order valence-electron chi connectivity index (χ0n) is 18.5. The molecule has 0 aliphatic carbocycles. The van der Waals surface area contributed by atoms with E-state index in [1.165, 1.54) is 15.3 Å². The highest BCUT2D eigenvalue weighted by Gasteiger charge is 2.30. The molecule has 2 amide bonds. The van der Waals surface area contributed by atoms with Crippen LogP contribution in [0, 0.1) is 0 Å². The maximum absolute atomic E-state index is 13.0. The van der Waals surface area contributed by atoms with E-state index in [1.54, 1.807) is 19.2 Å². The van der Waals surface area contributed by atoms with E-state index in [9.17, 15) is 18.0 Å². The maximum atomic E-state index is 13.0. The summed E-state index contributed by atoms with van der Waals surface area (Å²) >= 11 is 0. The highest BCUT2D eigenvalue weighted by atomic mass is 32.2. The number of rotatable bonds is 7. The average Bonchev–Trinajstić information content (AvgIpc) is 2.85. The van der Waals surface area contributed by atoms with Crippen molar-refractivity contribution in [2.45, 2.75) is 24.3 Å². The van der Waals surface area contributed by atoms with Crippen molar-refractivity contribution in [1.29, 1.82) is 0 Å². The number of anilines is 1. The first-order valence-electron chi connectivity index (χ1n) is 10.8. The Bertz CT molecular complexity index is 1140. The standard InChI is InChI=1S/C23H27N3O6S/c1-31-21-5-3-2-4-18(21)15-24-22(27)16-26-20-8-7-19(14-17(20)6-9-23(26)28)33(29,30)25-10-12-32-13-11-25/h2-5,7-8,14H,6,9-13,15-16H2,1H3,(H,24,27). The van der Waals surface area contributed by atoms with Gasteiger partial charge in [0.25, 0.3) is 0 Å². The number of aryl methyl sites for hydroxylation is 1. The van der Waals surface area contributed by atoms with Crippen LogP contribution >= 0.6 is 0 Å². The van der Waals surface area contributed by atoms with Crippen molar-refractivity contribution in [3.05, 3.63) is 53.6 Å². The van der Waals surface area contributed by atoms with Gasteiger partial charge in [-0.15, -0.1) is 0 Å². The van der Waals surface area contributed by atoms with E-state index in [1.807, 2.05) is 24.3 Å². The van der Waals surface area contributed by atoms with Crippen LogP contribution in [0.2, 0.25) is 0 Å². The van der Waals surface area contributed by atoms with E-state index < -0.39 is 10.0 Å². The first kappa shape index (κ1) is 23.2. The van der Waals surface area contributed by atoms with E-state index in [2.05, 4.69) is 5.32 Å². The molecule has 2 aliphatic rings. The minimum atomic E-state index is -3.64. The van der Waals surface area contributed by atoms with Crippen LogP contribution in [-0.4, -0.2) is 64.5 Å². The number of hydrogen-bond donors (Lipinski definition) is 1. The lowest BCUT2D eigenvalue weighted by atomic mass is 10.0. The van der Waals surface area contributed by atoms with Gasteiger partial charge in [0.05, 0.1) is 25.2 Å². The summed E-state index contributed by atoms with van der Waals surface area (Å²) in [4.78, 5) is 26.8. The number of carbonyl (C=O) groups excluding carboxylic acids is 2. The first-order chi connectivity index (χ1) is 15.9. The summed E-state index contributed by atoms with van der Waals surface area (Å²) < 4.78 is 37.9. The molecule has 0 unspecified atom stereocenters. The number of nitrogens with zero attached hydrogens (tertiary/aromatic N) is 2. The number of hydrogen-bond acceptors (Lipinski definition) is 6. The second kappa shape index (κ2) is 9.90. The van der Waals surface area contributed by atoms with Crippen LogP contribution in [0.1, 0.15) is 17.5 Å². The number of amides is 2. The number of carbonyl (C=O) groups is 2. The molecule has 2 aromatic rings. The van der Waals surface area contributed by atoms with Crippen molar-refractivity contribution in [3.63, 3.8) is 0 Å². The molecule has 176 valence electrons. The molecule has 0 atom stereocenters. The Balaban J connectivity index is 1.48. The highest BCUT2D eigenvalue weighted by molar-refractivity contribution is 7.89. The molecular weight excluding hydrogens is 446 g/mol. The minimum Gasteiger partial charge on any atom is -0.496 e. The summed E-state index contributed by atoms with van der Waals surface area (Å²) in [6.07, 6.45) is 0.647. The predicted molar refractivity (Wildman–Crippen MR) is 122 cm³/mol. The van der Waals surface area contributed by atoms with Gasteiger partial charge in [-0.25, -0.2) is 8.42 Å². The van der Waals surface area contributed by atoms with E-state index in [4.69, 9.17) is 9.47 Å². The fourth-order valence-electron chi connectivity index (χ4n) is 4.05. The number of benzene rings is 2. The maximum Gasteiger partial charge on any atom is 0.243 e. The number of para-hydroxylation sites is 1. The van der Waals surface area contributed by atoms with Crippen LogP contribution < -0.4 is 15.0 Å². The molecule has 0 spiro atoms. The molecule has 0 radical (unpaired) electrons. The number of methoxy groups -OCH3 is 1. The second-order valence-corrected chi connectivity index (χ2v) is 9.81. The number of ether oxygens (including phenoxy) is 2. The molecule has 0 saturated carbocycles. The molecule has 33 heavy (non-hydrogen) atoms. The van der Waals surface area contributed by atoms with Crippen LogP contribution in [0.5, 0.6) is 5.75 Å². The van der Waals surface area contributed by atoms with Crippen molar-refractivity contribution in [2.24, 2.45) is 0 Å². The van der Waals surface area contributed by atoms with Crippen LogP contribution in [0.3, 0.4) is 0 Å². The van der Waals surface area contributed by atoms with E-state index in [0.29, 0.717) is 44.2 Å². The molecule has 2 aliphatic heterocycles. The van der Waals surface area contributed by atoms with Gasteiger partial charge in [-0.05, 0) is 36.2 Å². The Hall–Kier alpha value is -2.95. The molecular formula is C23H27N3O6S. The quantitative estimate of drug-likeness (QED) is 0.650. The number of sulfonamides is 1. The molecule has 1 N–H and O–H groups in total. The normalized spacial score (nSPS) is 16.9. The van der Waals surface area contributed by atoms with Crippen molar-refractivity contribution in [1.82, 2.24) is 9.62 Å². The number of morpholine rings is 1. The molecule has 4 rings (SSSR count). The van der Waals surface area contributed by atoms with Gasteiger partial charge in [0.15, 0.2) is 0 Å². The van der Waals surface area contributed by atoms with Gasteiger partial charge in [0.1, 0.15) is 12.3 Å². The summed E-state index contributed by atoms with van der Waals surface area (Å²) in [5.41, 5.74) is 2.14. The van der Waals surface area contributed by atoms with Crippen LogP contribution in [0.4, 0.5) is 5.69 Å². The SMILES string of the molecule is COc1ccccc1CNC(=O)CN1C(=O)CCc2cc(S(=O)(=O)N3CCOCC3)ccc21. The van der Waals surface area contributed by atoms with Gasteiger partial charge in [-0.3, -0.25) is 9.59 Å². The molecule has 1 saturated heterocycles. The Morgan fingerprint density at radius 3 is 2.64 bits per heavy atom. The summed E-state index contributed by atoms with van der Waals surface area (Å²) in [6.45, 7) is 1.50. The fourth-order valence-corrected chi connectivity index (χ4v) is 5.51.